The summed E-state index contributed by atoms with van der Waals surface area (Å²) in [4.78, 5) is 1.86. The van der Waals surface area contributed by atoms with Gasteiger partial charge < -0.3 is 9.84 Å². The molecule has 1 atom stereocenters. The molecule has 0 aliphatic heterocycles. The number of rotatable bonds is 15. The van der Waals surface area contributed by atoms with Gasteiger partial charge in [0.25, 0.3) is 10.1 Å². The van der Waals surface area contributed by atoms with E-state index in [0.29, 0.717) is 19.7 Å². The van der Waals surface area contributed by atoms with E-state index in [0.717, 1.165) is 19.3 Å². The van der Waals surface area contributed by atoms with Gasteiger partial charge in [0.15, 0.2) is 0 Å². The van der Waals surface area contributed by atoms with Crippen LogP contribution in [0.4, 0.5) is 0 Å². The summed E-state index contributed by atoms with van der Waals surface area (Å²) in [6.07, 6.45) is 6.49. The molecule has 1 unspecified atom stereocenters. The molecule has 6 nitrogen and oxygen atoms in total. The Hall–Kier alpha value is -0.470. The van der Waals surface area contributed by atoms with E-state index in [1.54, 1.807) is 6.08 Å². The number of nitrogens with zero attached hydrogens (tertiary/aromatic N) is 1. The molecule has 0 fully saturated rings. The predicted octanol–water partition coefficient (Wildman–Crippen LogP) is 1.71. The Kier molecular flexibility index (Phi) is 12.7. The van der Waals surface area contributed by atoms with E-state index >= 15 is 0 Å². The fourth-order valence-corrected chi connectivity index (χ4v) is 2.60. The summed E-state index contributed by atoms with van der Waals surface area (Å²) in [7, 11) is -3.98. The van der Waals surface area contributed by atoms with E-state index in [1.807, 2.05) is 4.90 Å². The van der Waals surface area contributed by atoms with Crippen LogP contribution in [0.25, 0.3) is 0 Å². The molecule has 0 saturated carbocycles. The number of aliphatic hydroxyl groups is 1. The van der Waals surface area contributed by atoms with E-state index in [-0.39, 0.29) is 18.9 Å². The number of aliphatic hydroxyl groups excluding tert-OH is 1. The molecule has 0 amide bonds. The lowest BCUT2D eigenvalue weighted by molar-refractivity contribution is 0.0270. The molecule has 0 aromatic heterocycles. The molecular formula is C15H31NO5S. The third-order valence-corrected chi connectivity index (χ3v) is 3.96. The quantitative estimate of drug-likeness (QED) is 0.269. The number of hydrogen-bond acceptors (Lipinski definition) is 5. The smallest absolute Gasteiger partial charge is 0.266 e. The highest BCUT2D eigenvalue weighted by atomic mass is 32.2. The first kappa shape index (κ1) is 21.5. The monoisotopic (exact) mass is 337 g/mol. The van der Waals surface area contributed by atoms with E-state index in [2.05, 4.69) is 13.5 Å². The SMILES string of the molecule is C=CCOCC(O)CN(CCCCCCC)CCS(=O)(=O)O. The molecule has 0 radical (unpaired) electrons. The van der Waals surface area contributed by atoms with Crippen LogP contribution in [0.3, 0.4) is 0 Å². The third kappa shape index (κ3) is 14.5. The Morgan fingerprint density at radius 2 is 1.91 bits per heavy atom. The van der Waals surface area contributed by atoms with Crippen molar-refractivity contribution in [2.75, 3.05) is 38.6 Å². The van der Waals surface area contributed by atoms with Crippen molar-refractivity contribution < 1.29 is 22.8 Å². The predicted molar refractivity (Wildman–Crippen MR) is 88.6 cm³/mol. The molecule has 0 aliphatic carbocycles. The second-order valence-electron chi connectivity index (χ2n) is 5.48. The highest BCUT2D eigenvalue weighted by molar-refractivity contribution is 7.85. The Morgan fingerprint density at radius 1 is 1.23 bits per heavy atom. The van der Waals surface area contributed by atoms with E-state index in [4.69, 9.17) is 9.29 Å². The normalized spacial score (nSPS) is 13.5. The largest absolute Gasteiger partial charge is 0.389 e. The van der Waals surface area contributed by atoms with Gasteiger partial charge in [-0.15, -0.1) is 6.58 Å². The Labute approximate surface area is 134 Å². The minimum atomic E-state index is -3.98. The molecule has 132 valence electrons. The van der Waals surface area contributed by atoms with Crippen LogP contribution in [-0.2, 0) is 14.9 Å². The zero-order valence-electron chi connectivity index (χ0n) is 13.6. The minimum absolute atomic E-state index is 0.185. The summed E-state index contributed by atoms with van der Waals surface area (Å²) in [6, 6.07) is 0. The lowest BCUT2D eigenvalue weighted by Gasteiger charge is -2.24. The van der Waals surface area contributed by atoms with Crippen LogP contribution < -0.4 is 0 Å². The van der Waals surface area contributed by atoms with E-state index < -0.39 is 16.2 Å². The minimum Gasteiger partial charge on any atom is -0.389 e. The van der Waals surface area contributed by atoms with Crippen molar-refractivity contribution >= 4 is 10.1 Å². The molecule has 0 saturated heterocycles. The Morgan fingerprint density at radius 3 is 2.50 bits per heavy atom. The molecule has 0 aliphatic rings. The fourth-order valence-electron chi connectivity index (χ4n) is 2.12. The van der Waals surface area contributed by atoms with Gasteiger partial charge in [-0.3, -0.25) is 9.45 Å². The van der Waals surface area contributed by atoms with Crippen LogP contribution in [0, 0.1) is 0 Å². The fraction of sp³-hybridized carbons (Fsp3) is 0.867. The zero-order chi connectivity index (χ0) is 16.8. The van der Waals surface area contributed by atoms with Gasteiger partial charge >= 0.3 is 0 Å². The molecule has 0 spiro atoms. The highest BCUT2D eigenvalue weighted by Gasteiger charge is 2.14. The standard InChI is InChI=1S/C15H31NO5S/c1-3-5-6-7-8-9-16(10-12-22(18,19)20)13-15(17)14-21-11-4-2/h4,15,17H,2-3,5-14H2,1H3,(H,18,19,20). The summed E-state index contributed by atoms with van der Waals surface area (Å²) in [6.45, 7) is 7.49. The summed E-state index contributed by atoms with van der Waals surface area (Å²) in [5.41, 5.74) is 0. The van der Waals surface area contributed by atoms with Crippen molar-refractivity contribution in [1.29, 1.82) is 0 Å². The maximum absolute atomic E-state index is 10.9. The van der Waals surface area contributed by atoms with Crippen LogP contribution in [0.1, 0.15) is 39.0 Å². The van der Waals surface area contributed by atoms with Gasteiger partial charge in [-0.1, -0.05) is 38.7 Å². The second-order valence-corrected chi connectivity index (χ2v) is 7.05. The lowest BCUT2D eigenvalue weighted by Crippen LogP contribution is -2.38. The molecule has 0 bridgehead atoms. The van der Waals surface area contributed by atoms with Gasteiger partial charge in [0.2, 0.25) is 0 Å². The number of unbranched alkanes of at least 4 members (excludes halogenated alkanes) is 4. The van der Waals surface area contributed by atoms with Crippen LogP contribution >= 0.6 is 0 Å². The Balaban J connectivity index is 4.16. The Bertz CT molecular complexity index is 372. The first-order valence-electron chi connectivity index (χ1n) is 7.93. The van der Waals surface area contributed by atoms with Crippen LogP contribution in [0.5, 0.6) is 0 Å². The number of ether oxygens (including phenoxy) is 1. The summed E-state index contributed by atoms with van der Waals surface area (Å²) in [5, 5.41) is 9.90. The second kappa shape index (κ2) is 13.0. The molecule has 0 rings (SSSR count). The molecular weight excluding hydrogens is 306 g/mol. The lowest BCUT2D eigenvalue weighted by atomic mass is 10.1. The molecule has 22 heavy (non-hydrogen) atoms. The van der Waals surface area contributed by atoms with E-state index in [1.165, 1.54) is 12.8 Å². The zero-order valence-corrected chi connectivity index (χ0v) is 14.4. The first-order valence-corrected chi connectivity index (χ1v) is 9.54. The summed E-state index contributed by atoms with van der Waals surface area (Å²) in [5.74, 6) is -0.317. The van der Waals surface area contributed by atoms with Gasteiger partial charge in [0.1, 0.15) is 0 Å². The molecule has 0 aromatic rings. The van der Waals surface area contributed by atoms with Gasteiger partial charge in [0.05, 0.1) is 25.1 Å². The van der Waals surface area contributed by atoms with E-state index in [9.17, 15) is 13.5 Å². The van der Waals surface area contributed by atoms with Crippen molar-refractivity contribution in [1.82, 2.24) is 4.90 Å². The first-order chi connectivity index (χ1) is 10.4. The van der Waals surface area contributed by atoms with Gasteiger partial charge in [-0.2, -0.15) is 8.42 Å². The van der Waals surface area contributed by atoms with Crippen LogP contribution in [0.15, 0.2) is 12.7 Å². The third-order valence-electron chi connectivity index (χ3n) is 3.26. The summed E-state index contributed by atoms with van der Waals surface area (Å²) >= 11 is 0. The molecule has 0 heterocycles. The summed E-state index contributed by atoms with van der Waals surface area (Å²) < 4.78 is 35.8. The van der Waals surface area contributed by atoms with Crippen molar-refractivity contribution in [2.24, 2.45) is 0 Å². The van der Waals surface area contributed by atoms with Crippen molar-refractivity contribution in [2.45, 2.75) is 45.1 Å². The van der Waals surface area contributed by atoms with Gasteiger partial charge in [0, 0.05) is 13.1 Å². The average molecular weight is 337 g/mol. The maximum atomic E-state index is 10.9. The highest BCUT2D eigenvalue weighted by Crippen LogP contribution is 2.05. The van der Waals surface area contributed by atoms with Crippen molar-refractivity contribution in [3.05, 3.63) is 12.7 Å². The van der Waals surface area contributed by atoms with Crippen LogP contribution in [-0.4, -0.2) is 67.7 Å². The van der Waals surface area contributed by atoms with Crippen molar-refractivity contribution in [3.63, 3.8) is 0 Å². The molecule has 0 aromatic carbocycles. The topological polar surface area (TPSA) is 87.1 Å². The van der Waals surface area contributed by atoms with Crippen LogP contribution in [0.2, 0.25) is 0 Å². The van der Waals surface area contributed by atoms with Crippen molar-refractivity contribution in [3.8, 4) is 0 Å². The number of hydrogen-bond donors (Lipinski definition) is 2. The van der Waals surface area contributed by atoms with Gasteiger partial charge in [-0.25, -0.2) is 0 Å². The average Bonchev–Trinajstić information content (AvgIpc) is 2.43. The maximum Gasteiger partial charge on any atom is 0.266 e. The molecule has 7 heteroatoms. The van der Waals surface area contributed by atoms with Gasteiger partial charge in [-0.05, 0) is 13.0 Å². The molecule has 2 N–H and O–H groups in total.